The highest BCUT2D eigenvalue weighted by Gasteiger charge is 2.09. The number of aromatic amines is 1. The van der Waals surface area contributed by atoms with Gasteiger partial charge < -0.3 is 4.98 Å². The number of imidazole rings is 1. The van der Waals surface area contributed by atoms with Crippen molar-refractivity contribution >= 4 is 33.8 Å². The van der Waals surface area contributed by atoms with E-state index in [1.54, 1.807) is 18.2 Å². The third-order valence-corrected chi connectivity index (χ3v) is 3.96. The molecule has 4 rings (SSSR count). The average molecular weight is 333 g/mol. The number of benzene rings is 2. The summed E-state index contributed by atoms with van der Waals surface area (Å²) in [6, 6.07) is 14.7. The number of H-pyrrole nitrogens is 1. The van der Waals surface area contributed by atoms with E-state index >= 15 is 0 Å². The zero-order valence-corrected chi connectivity index (χ0v) is 13.3. The van der Waals surface area contributed by atoms with Gasteiger partial charge in [-0.1, -0.05) is 24.3 Å². The van der Waals surface area contributed by atoms with Crippen LogP contribution in [0.4, 0.5) is 5.95 Å². The first-order chi connectivity index (χ1) is 12.2. The fraction of sp³-hybridized carbons (Fsp3) is 0.111. The molecule has 2 N–H and O–H groups in total. The maximum absolute atomic E-state index is 12.4. The molecule has 4 aromatic rings. The summed E-state index contributed by atoms with van der Waals surface area (Å²) >= 11 is 0. The van der Waals surface area contributed by atoms with Crippen molar-refractivity contribution in [3.05, 3.63) is 65.2 Å². The molecule has 0 fully saturated rings. The van der Waals surface area contributed by atoms with E-state index in [2.05, 4.69) is 20.3 Å². The van der Waals surface area contributed by atoms with Crippen LogP contribution in [0.15, 0.2) is 59.7 Å². The van der Waals surface area contributed by atoms with Gasteiger partial charge in [0.25, 0.3) is 5.56 Å². The second-order valence-electron chi connectivity index (χ2n) is 5.66. The van der Waals surface area contributed by atoms with E-state index in [1.807, 2.05) is 30.3 Å². The first-order valence-corrected chi connectivity index (χ1v) is 7.89. The highest BCUT2D eigenvalue weighted by atomic mass is 16.2. The maximum Gasteiger partial charge on any atom is 0.261 e. The minimum atomic E-state index is -0.223. The Morgan fingerprint density at radius 2 is 1.84 bits per heavy atom. The third-order valence-electron chi connectivity index (χ3n) is 3.96. The first kappa shape index (κ1) is 15.1. The van der Waals surface area contributed by atoms with Crippen molar-refractivity contribution in [1.29, 1.82) is 0 Å². The second kappa shape index (κ2) is 6.20. The average Bonchev–Trinajstić information content (AvgIpc) is 3.03. The zero-order valence-electron chi connectivity index (χ0n) is 13.3. The minimum absolute atomic E-state index is 0.150. The third kappa shape index (κ3) is 2.99. The van der Waals surface area contributed by atoms with Crippen molar-refractivity contribution in [2.75, 3.05) is 5.32 Å². The fourth-order valence-electron chi connectivity index (χ4n) is 2.69. The molecule has 124 valence electrons. The fourth-order valence-corrected chi connectivity index (χ4v) is 2.69. The number of rotatable bonds is 4. The number of amides is 1. The van der Waals surface area contributed by atoms with Crippen LogP contribution < -0.4 is 10.9 Å². The Hall–Kier alpha value is -3.48. The highest BCUT2D eigenvalue weighted by Crippen LogP contribution is 2.13. The van der Waals surface area contributed by atoms with Gasteiger partial charge in [-0.3, -0.25) is 19.5 Å². The number of anilines is 1. The van der Waals surface area contributed by atoms with Gasteiger partial charge >= 0.3 is 0 Å². The van der Waals surface area contributed by atoms with Crippen LogP contribution in [0.2, 0.25) is 0 Å². The van der Waals surface area contributed by atoms with Gasteiger partial charge in [0.15, 0.2) is 0 Å². The Morgan fingerprint density at radius 3 is 2.68 bits per heavy atom. The van der Waals surface area contributed by atoms with Gasteiger partial charge in [-0.25, -0.2) is 9.97 Å². The predicted molar refractivity (Wildman–Crippen MR) is 95.3 cm³/mol. The lowest BCUT2D eigenvalue weighted by Gasteiger charge is -2.06. The number of nitrogens with zero attached hydrogens (tertiary/aromatic N) is 3. The molecule has 0 unspecified atom stereocenters. The lowest BCUT2D eigenvalue weighted by atomic mass is 10.2. The Kier molecular flexibility index (Phi) is 3.74. The summed E-state index contributed by atoms with van der Waals surface area (Å²) in [5.74, 6) is 0.175. The standard InChI is InChI=1S/C18H15N5O2/c24-16(22-18-20-14-7-3-4-8-15(14)21-18)9-10-23-11-19-13-6-2-1-5-12(13)17(23)25/h1-8,11H,9-10H2,(H2,20,21,22,24). The summed E-state index contributed by atoms with van der Waals surface area (Å²) in [4.78, 5) is 36.1. The van der Waals surface area contributed by atoms with Gasteiger partial charge in [0.1, 0.15) is 0 Å². The Bertz CT molecular complexity index is 1100. The molecule has 0 aliphatic heterocycles. The summed E-state index contributed by atoms with van der Waals surface area (Å²) in [5, 5.41) is 3.26. The molecule has 0 bridgehead atoms. The molecule has 2 aromatic carbocycles. The van der Waals surface area contributed by atoms with Crippen LogP contribution in [0.3, 0.4) is 0 Å². The van der Waals surface area contributed by atoms with Gasteiger partial charge in [0.2, 0.25) is 11.9 Å². The van der Waals surface area contributed by atoms with Crippen molar-refractivity contribution in [1.82, 2.24) is 19.5 Å². The molecule has 0 spiro atoms. The molecule has 0 saturated carbocycles. The number of nitrogens with one attached hydrogen (secondary N) is 2. The van der Waals surface area contributed by atoms with Crippen LogP contribution in [-0.4, -0.2) is 25.4 Å². The Labute approximate surface area is 142 Å². The van der Waals surface area contributed by atoms with Crippen LogP contribution in [0.1, 0.15) is 6.42 Å². The summed E-state index contributed by atoms with van der Waals surface area (Å²) < 4.78 is 1.44. The maximum atomic E-state index is 12.4. The number of carbonyl (C=O) groups excluding carboxylic acids is 1. The van der Waals surface area contributed by atoms with Crippen LogP contribution >= 0.6 is 0 Å². The van der Waals surface area contributed by atoms with E-state index in [4.69, 9.17) is 0 Å². The summed E-state index contributed by atoms with van der Waals surface area (Å²) in [6.07, 6.45) is 1.62. The van der Waals surface area contributed by atoms with Crippen molar-refractivity contribution < 1.29 is 4.79 Å². The summed E-state index contributed by atoms with van der Waals surface area (Å²) in [6.45, 7) is 0.253. The molecule has 0 saturated heterocycles. The van der Waals surface area contributed by atoms with Crippen LogP contribution in [0.25, 0.3) is 21.9 Å². The highest BCUT2D eigenvalue weighted by molar-refractivity contribution is 5.91. The molecule has 2 aromatic heterocycles. The lowest BCUT2D eigenvalue weighted by molar-refractivity contribution is -0.116. The number of para-hydroxylation sites is 3. The number of fused-ring (bicyclic) bond motifs is 2. The molecule has 1 amide bonds. The molecule has 0 atom stereocenters. The first-order valence-electron chi connectivity index (χ1n) is 7.89. The lowest BCUT2D eigenvalue weighted by Crippen LogP contribution is -2.23. The summed E-state index contributed by atoms with van der Waals surface area (Å²) in [5.41, 5.74) is 2.14. The number of carbonyl (C=O) groups is 1. The van der Waals surface area contributed by atoms with E-state index in [-0.39, 0.29) is 24.4 Å². The van der Waals surface area contributed by atoms with Gasteiger partial charge in [-0.15, -0.1) is 0 Å². The van der Waals surface area contributed by atoms with Crippen molar-refractivity contribution in [3.63, 3.8) is 0 Å². The number of hydrogen-bond donors (Lipinski definition) is 2. The van der Waals surface area contributed by atoms with E-state index < -0.39 is 0 Å². The Morgan fingerprint density at radius 1 is 1.08 bits per heavy atom. The molecule has 0 aliphatic carbocycles. The topological polar surface area (TPSA) is 92.7 Å². The molecular formula is C18H15N5O2. The molecule has 7 heteroatoms. The summed E-state index contributed by atoms with van der Waals surface area (Å²) in [7, 11) is 0. The minimum Gasteiger partial charge on any atom is -0.324 e. The Balaban J connectivity index is 1.46. The monoisotopic (exact) mass is 333 g/mol. The molecule has 0 radical (unpaired) electrons. The van der Waals surface area contributed by atoms with E-state index in [0.29, 0.717) is 16.9 Å². The number of aromatic nitrogens is 4. The normalized spacial score (nSPS) is 11.0. The number of aryl methyl sites for hydroxylation is 1. The van der Waals surface area contributed by atoms with Crippen LogP contribution in [0, 0.1) is 0 Å². The molecule has 25 heavy (non-hydrogen) atoms. The van der Waals surface area contributed by atoms with Gasteiger partial charge in [-0.05, 0) is 24.3 Å². The molecule has 0 aliphatic rings. The van der Waals surface area contributed by atoms with Crippen molar-refractivity contribution in [2.45, 2.75) is 13.0 Å². The molecular weight excluding hydrogens is 318 g/mol. The largest absolute Gasteiger partial charge is 0.324 e. The predicted octanol–water partition coefficient (Wildman–Crippen LogP) is 2.30. The smallest absolute Gasteiger partial charge is 0.261 e. The van der Waals surface area contributed by atoms with Gasteiger partial charge in [0, 0.05) is 13.0 Å². The van der Waals surface area contributed by atoms with Gasteiger partial charge in [-0.2, -0.15) is 0 Å². The van der Waals surface area contributed by atoms with Crippen LogP contribution in [-0.2, 0) is 11.3 Å². The van der Waals surface area contributed by atoms with E-state index in [9.17, 15) is 9.59 Å². The quantitative estimate of drug-likeness (QED) is 0.599. The number of hydrogen-bond acceptors (Lipinski definition) is 4. The van der Waals surface area contributed by atoms with Gasteiger partial charge in [0.05, 0.1) is 28.3 Å². The van der Waals surface area contributed by atoms with Crippen molar-refractivity contribution in [3.8, 4) is 0 Å². The van der Waals surface area contributed by atoms with E-state index in [1.165, 1.54) is 10.9 Å². The molecule has 7 nitrogen and oxygen atoms in total. The van der Waals surface area contributed by atoms with Crippen molar-refractivity contribution in [2.24, 2.45) is 0 Å². The van der Waals surface area contributed by atoms with Crippen LogP contribution in [0.5, 0.6) is 0 Å². The molecule has 2 heterocycles. The second-order valence-corrected chi connectivity index (χ2v) is 5.66. The van der Waals surface area contributed by atoms with E-state index in [0.717, 1.165) is 11.0 Å². The SMILES string of the molecule is O=C(CCn1cnc2ccccc2c1=O)Nc1nc2ccccc2[nH]1. The zero-order chi connectivity index (χ0) is 17.2.